The van der Waals surface area contributed by atoms with Crippen LogP contribution in [0.15, 0.2) is 30.3 Å². The number of amides is 2. The second kappa shape index (κ2) is 10.1. The molecular formula is C16H21N3O7. The van der Waals surface area contributed by atoms with Gasteiger partial charge >= 0.3 is 11.9 Å². The van der Waals surface area contributed by atoms with E-state index in [0.29, 0.717) is 5.56 Å². The summed E-state index contributed by atoms with van der Waals surface area (Å²) in [6, 6.07) is 4.49. The Morgan fingerprint density at radius 2 is 1.54 bits per heavy atom. The van der Waals surface area contributed by atoms with E-state index in [4.69, 9.17) is 21.1 Å². The Balaban J connectivity index is 2.94. The highest BCUT2D eigenvalue weighted by Crippen LogP contribution is 2.05. The van der Waals surface area contributed by atoms with Crippen molar-refractivity contribution in [3.63, 3.8) is 0 Å². The first-order valence-electron chi connectivity index (χ1n) is 7.70. The number of nitrogens with one attached hydrogen (secondary N) is 2. The monoisotopic (exact) mass is 367 g/mol. The molecule has 3 atom stereocenters. The smallest absolute Gasteiger partial charge is 0.326 e. The van der Waals surface area contributed by atoms with Crippen molar-refractivity contribution in [2.75, 3.05) is 6.61 Å². The highest BCUT2D eigenvalue weighted by molar-refractivity contribution is 5.92. The van der Waals surface area contributed by atoms with Crippen molar-refractivity contribution in [3.8, 4) is 0 Å². The van der Waals surface area contributed by atoms with Crippen molar-refractivity contribution >= 4 is 23.8 Å². The average molecular weight is 367 g/mol. The molecule has 7 N–H and O–H groups in total. The van der Waals surface area contributed by atoms with Crippen LogP contribution in [0.5, 0.6) is 0 Å². The Labute approximate surface area is 149 Å². The lowest BCUT2D eigenvalue weighted by atomic mass is 10.0. The number of carbonyl (C=O) groups excluding carboxylic acids is 2. The summed E-state index contributed by atoms with van der Waals surface area (Å²) in [4.78, 5) is 46.1. The second-order valence-electron chi connectivity index (χ2n) is 5.54. The summed E-state index contributed by atoms with van der Waals surface area (Å²) in [6.07, 6.45) is -0.792. The Bertz CT molecular complexity index is 651. The molecule has 142 valence electrons. The number of aliphatic hydroxyl groups is 1. The van der Waals surface area contributed by atoms with E-state index in [1.54, 1.807) is 30.3 Å². The van der Waals surface area contributed by atoms with Gasteiger partial charge in [0.25, 0.3) is 0 Å². The number of hydrogen-bond donors (Lipinski definition) is 6. The van der Waals surface area contributed by atoms with Crippen LogP contribution >= 0.6 is 0 Å². The zero-order valence-electron chi connectivity index (χ0n) is 13.8. The Morgan fingerprint density at radius 3 is 2.04 bits per heavy atom. The normalized spacial score (nSPS) is 13.9. The number of aliphatic carboxylic acids is 2. The minimum atomic E-state index is -1.65. The lowest BCUT2D eigenvalue weighted by Gasteiger charge is -2.22. The van der Waals surface area contributed by atoms with Crippen molar-refractivity contribution < 1.29 is 34.5 Å². The first kappa shape index (κ1) is 21.1. The van der Waals surface area contributed by atoms with Crippen LogP contribution in [0.1, 0.15) is 12.0 Å². The fourth-order valence-corrected chi connectivity index (χ4v) is 2.07. The van der Waals surface area contributed by atoms with Gasteiger partial charge in [0.15, 0.2) is 0 Å². The van der Waals surface area contributed by atoms with E-state index in [2.05, 4.69) is 10.6 Å². The van der Waals surface area contributed by atoms with Crippen molar-refractivity contribution in [1.29, 1.82) is 0 Å². The lowest BCUT2D eigenvalue weighted by Crippen LogP contribution is -2.56. The van der Waals surface area contributed by atoms with E-state index in [9.17, 15) is 19.2 Å². The fourth-order valence-electron chi connectivity index (χ4n) is 2.07. The molecule has 1 aromatic carbocycles. The van der Waals surface area contributed by atoms with Crippen LogP contribution in [0.3, 0.4) is 0 Å². The SMILES string of the molecule is N[C@@H](CO)C(=O)N[C@@H](Cc1ccccc1)C(=O)N[C@@H](CC(=O)O)C(=O)O. The molecule has 0 bridgehead atoms. The van der Waals surface area contributed by atoms with Gasteiger partial charge < -0.3 is 31.7 Å². The lowest BCUT2D eigenvalue weighted by molar-refractivity contribution is -0.147. The van der Waals surface area contributed by atoms with Crippen LogP contribution in [0, 0.1) is 0 Å². The van der Waals surface area contributed by atoms with E-state index in [1.807, 2.05) is 0 Å². The third kappa shape index (κ3) is 6.87. The molecule has 26 heavy (non-hydrogen) atoms. The molecule has 0 spiro atoms. The zero-order chi connectivity index (χ0) is 19.7. The average Bonchev–Trinajstić information content (AvgIpc) is 2.60. The van der Waals surface area contributed by atoms with Crippen LogP contribution in [0.25, 0.3) is 0 Å². The van der Waals surface area contributed by atoms with Gasteiger partial charge in [0, 0.05) is 6.42 Å². The van der Waals surface area contributed by atoms with Crippen molar-refractivity contribution in [2.24, 2.45) is 5.73 Å². The van der Waals surface area contributed by atoms with Gasteiger partial charge in [0.2, 0.25) is 11.8 Å². The van der Waals surface area contributed by atoms with Crippen molar-refractivity contribution in [1.82, 2.24) is 10.6 Å². The van der Waals surface area contributed by atoms with E-state index in [-0.39, 0.29) is 6.42 Å². The summed E-state index contributed by atoms with van der Waals surface area (Å²) in [7, 11) is 0. The summed E-state index contributed by atoms with van der Waals surface area (Å²) in [5.74, 6) is -4.59. The number of nitrogens with two attached hydrogens (primary N) is 1. The summed E-state index contributed by atoms with van der Waals surface area (Å²) in [5, 5.41) is 31.1. The van der Waals surface area contributed by atoms with Gasteiger partial charge in [-0.1, -0.05) is 30.3 Å². The Kier molecular flexibility index (Phi) is 8.19. The minimum Gasteiger partial charge on any atom is -0.481 e. The van der Waals surface area contributed by atoms with Crippen LogP contribution in [-0.4, -0.2) is 63.8 Å². The molecule has 2 amide bonds. The van der Waals surface area contributed by atoms with E-state index < -0.39 is 54.9 Å². The number of carbonyl (C=O) groups is 4. The third-order valence-corrected chi connectivity index (χ3v) is 3.44. The molecule has 0 radical (unpaired) electrons. The highest BCUT2D eigenvalue weighted by atomic mass is 16.4. The Hall–Kier alpha value is -2.98. The fraction of sp³-hybridized carbons (Fsp3) is 0.375. The zero-order valence-corrected chi connectivity index (χ0v) is 13.8. The number of carboxylic acids is 2. The van der Waals surface area contributed by atoms with Gasteiger partial charge in [-0.2, -0.15) is 0 Å². The summed E-state index contributed by atoms with van der Waals surface area (Å²) in [6.45, 7) is -0.637. The quantitative estimate of drug-likeness (QED) is 0.277. The van der Waals surface area contributed by atoms with Crippen LogP contribution in [-0.2, 0) is 25.6 Å². The molecule has 0 fully saturated rings. The van der Waals surface area contributed by atoms with Gasteiger partial charge in [-0.15, -0.1) is 0 Å². The number of aliphatic hydroxyl groups excluding tert-OH is 1. The number of carboxylic acid groups (broad SMARTS) is 2. The van der Waals surface area contributed by atoms with Crippen LogP contribution in [0.4, 0.5) is 0 Å². The molecule has 0 saturated heterocycles. The van der Waals surface area contributed by atoms with Crippen LogP contribution in [0.2, 0.25) is 0 Å². The number of hydrogen-bond acceptors (Lipinski definition) is 6. The van der Waals surface area contributed by atoms with E-state index in [0.717, 1.165) is 0 Å². The van der Waals surface area contributed by atoms with Crippen molar-refractivity contribution in [3.05, 3.63) is 35.9 Å². The maximum absolute atomic E-state index is 12.4. The molecule has 0 aromatic heterocycles. The summed E-state index contributed by atoms with van der Waals surface area (Å²) < 4.78 is 0. The Morgan fingerprint density at radius 1 is 0.962 bits per heavy atom. The van der Waals surface area contributed by atoms with Gasteiger partial charge in [-0.25, -0.2) is 4.79 Å². The molecule has 1 aromatic rings. The standard InChI is InChI=1S/C16H21N3O7/c17-10(8-20)14(23)18-11(6-9-4-2-1-3-5-9)15(24)19-12(16(25)26)7-13(21)22/h1-5,10-12,20H,6-8,17H2,(H,18,23)(H,19,24)(H,21,22)(H,25,26)/t10-,11-,12-/m0/s1. The molecule has 10 heteroatoms. The summed E-state index contributed by atoms with van der Waals surface area (Å²) in [5.41, 5.74) is 6.08. The molecule has 0 heterocycles. The van der Waals surface area contributed by atoms with E-state index in [1.165, 1.54) is 0 Å². The maximum Gasteiger partial charge on any atom is 0.326 e. The maximum atomic E-state index is 12.4. The molecule has 0 unspecified atom stereocenters. The largest absolute Gasteiger partial charge is 0.481 e. The van der Waals surface area contributed by atoms with Crippen molar-refractivity contribution in [2.45, 2.75) is 31.0 Å². The predicted molar refractivity (Wildman–Crippen MR) is 89.0 cm³/mol. The molecule has 1 rings (SSSR count). The van der Waals surface area contributed by atoms with Gasteiger partial charge in [-0.3, -0.25) is 14.4 Å². The molecule has 0 aliphatic carbocycles. The first-order valence-corrected chi connectivity index (χ1v) is 7.70. The third-order valence-electron chi connectivity index (χ3n) is 3.44. The van der Waals surface area contributed by atoms with E-state index >= 15 is 0 Å². The summed E-state index contributed by atoms with van der Waals surface area (Å²) >= 11 is 0. The number of benzene rings is 1. The highest BCUT2D eigenvalue weighted by Gasteiger charge is 2.29. The molecule has 0 aliphatic rings. The first-order chi connectivity index (χ1) is 12.2. The van der Waals surface area contributed by atoms with Gasteiger partial charge in [0.05, 0.1) is 13.0 Å². The van der Waals surface area contributed by atoms with Gasteiger partial charge in [0.1, 0.15) is 18.1 Å². The number of rotatable bonds is 10. The molecule has 0 aliphatic heterocycles. The topological polar surface area (TPSA) is 179 Å². The predicted octanol–water partition coefficient (Wildman–Crippen LogP) is -1.92. The van der Waals surface area contributed by atoms with Crippen LogP contribution < -0.4 is 16.4 Å². The minimum absolute atomic E-state index is 0.0238. The molecule has 10 nitrogen and oxygen atoms in total. The molecule has 0 saturated carbocycles. The molecular weight excluding hydrogens is 346 g/mol. The second-order valence-corrected chi connectivity index (χ2v) is 5.54. The van der Waals surface area contributed by atoms with Gasteiger partial charge in [-0.05, 0) is 5.56 Å².